The molecule has 0 fully saturated rings. The molecule has 2 aromatic rings. The zero-order valence-corrected chi connectivity index (χ0v) is 14.0. The fourth-order valence-electron chi connectivity index (χ4n) is 1.96. The van der Waals surface area contributed by atoms with Gasteiger partial charge in [-0.25, -0.2) is 18.4 Å². The number of nitrogens with two attached hydrogens (primary N) is 1. The smallest absolute Gasteiger partial charge is 0.330 e. The molecule has 9 heteroatoms. The maximum Gasteiger partial charge on any atom is 0.330 e. The van der Waals surface area contributed by atoms with Crippen molar-refractivity contribution in [1.29, 1.82) is 0 Å². The van der Waals surface area contributed by atoms with Gasteiger partial charge in [-0.1, -0.05) is 30.3 Å². The minimum atomic E-state index is -3.77. The summed E-state index contributed by atoms with van der Waals surface area (Å²) in [5.74, 6) is -1.07. The molecule has 0 aliphatic rings. The average molecular weight is 365 g/mol. The van der Waals surface area contributed by atoms with E-state index in [1.54, 1.807) is 30.3 Å². The second-order valence-corrected chi connectivity index (χ2v) is 6.82. The van der Waals surface area contributed by atoms with E-state index in [1.165, 1.54) is 24.3 Å². The molecule has 0 saturated carbocycles. The average Bonchev–Trinajstić information content (AvgIpc) is 2.53. The lowest BCUT2D eigenvalue weighted by Gasteiger charge is -2.17. The first-order chi connectivity index (χ1) is 11.3. The lowest BCUT2D eigenvalue weighted by molar-refractivity contribution is -0.139. The van der Waals surface area contributed by atoms with Crippen molar-refractivity contribution in [2.24, 2.45) is 5.14 Å². The van der Waals surface area contributed by atoms with Gasteiger partial charge in [0.2, 0.25) is 10.0 Å². The molecule has 0 unspecified atom stereocenters. The van der Waals surface area contributed by atoms with E-state index in [2.05, 4.69) is 10.6 Å². The quantitative estimate of drug-likeness (QED) is 0.592. The summed E-state index contributed by atoms with van der Waals surface area (Å²) in [4.78, 5) is 11.4. The predicted octanol–water partition coefficient (Wildman–Crippen LogP) is 1.45. The number of hydrogen-bond acceptors (Lipinski definition) is 4. The van der Waals surface area contributed by atoms with Crippen LogP contribution in [0.4, 0.5) is 5.69 Å². The molecule has 24 heavy (non-hydrogen) atoms. The van der Waals surface area contributed by atoms with Gasteiger partial charge in [0.05, 0.1) is 4.90 Å². The summed E-state index contributed by atoms with van der Waals surface area (Å²) in [6.45, 7) is 0. The minimum absolute atomic E-state index is 0.0281. The summed E-state index contributed by atoms with van der Waals surface area (Å²) < 4.78 is 22.4. The Balaban J connectivity index is 2.08. The van der Waals surface area contributed by atoms with Gasteiger partial charge in [-0.3, -0.25) is 0 Å². The van der Waals surface area contributed by atoms with Crippen LogP contribution < -0.4 is 15.8 Å². The van der Waals surface area contributed by atoms with Crippen molar-refractivity contribution in [1.82, 2.24) is 5.32 Å². The van der Waals surface area contributed by atoms with Gasteiger partial charge < -0.3 is 15.7 Å². The molecule has 1 atom stereocenters. The standard InChI is InChI=1S/C15H15N3O4S2/c16-24(21,22)12-8-6-11(7-9-12)17-15(23)18-13(14(19)20)10-4-2-1-3-5-10/h1-9,13H,(H,19,20)(H2,16,21,22)(H2,17,18,23)/t13-/m1/s1. The molecular formula is C15H15N3O4S2. The van der Waals surface area contributed by atoms with Crippen molar-refractivity contribution < 1.29 is 18.3 Å². The number of primary sulfonamides is 1. The number of benzene rings is 2. The number of thiocarbonyl (C=S) groups is 1. The minimum Gasteiger partial charge on any atom is -0.479 e. The van der Waals surface area contributed by atoms with Gasteiger partial charge >= 0.3 is 5.97 Å². The third-order valence-corrected chi connectivity index (χ3v) is 4.25. The zero-order chi connectivity index (χ0) is 17.7. The third kappa shape index (κ3) is 4.75. The first-order valence-electron chi connectivity index (χ1n) is 6.75. The van der Waals surface area contributed by atoms with Gasteiger partial charge in [0, 0.05) is 5.69 Å². The largest absolute Gasteiger partial charge is 0.479 e. The van der Waals surface area contributed by atoms with Gasteiger partial charge in [0.15, 0.2) is 11.2 Å². The molecule has 2 rings (SSSR count). The molecule has 0 bridgehead atoms. The van der Waals surface area contributed by atoms with Gasteiger partial charge in [-0.2, -0.15) is 0 Å². The number of nitrogens with one attached hydrogen (secondary N) is 2. The first-order valence-corrected chi connectivity index (χ1v) is 8.71. The summed E-state index contributed by atoms with van der Waals surface area (Å²) in [5.41, 5.74) is 1.05. The molecule has 0 spiro atoms. The Morgan fingerprint density at radius 2 is 1.67 bits per heavy atom. The Morgan fingerprint density at radius 3 is 2.17 bits per heavy atom. The van der Waals surface area contributed by atoms with Crippen LogP contribution in [-0.4, -0.2) is 24.6 Å². The SMILES string of the molecule is NS(=O)(=O)c1ccc(NC(=S)N[C@@H](C(=O)O)c2ccccc2)cc1. The van der Waals surface area contributed by atoms with E-state index in [0.717, 1.165) is 0 Å². The highest BCUT2D eigenvalue weighted by molar-refractivity contribution is 7.89. The van der Waals surface area contributed by atoms with Crippen LogP contribution in [-0.2, 0) is 14.8 Å². The van der Waals surface area contributed by atoms with Crippen molar-refractivity contribution in [2.45, 2.75) is 10.9 Å². The van der Waals surface area contributed by atoms with E-state index in [1.807, 2.05) is 0 Å². The number of carboxylic acids is 1. The van der Waals surface area contributed by atoms with Gasteiger partial charge in [0.25, 0.3) is 0 Å². The fraction of sp³-hybridized carbons (Fsp3) is 0.0667. The maximum atomic E-state index is 11.4. The van der Waals surface area contributed by atoms with Crippen LogP contribution in [0, 0.1) is 0 Å². The maximum absolute atomic E-state index is 11.4. The molecule has 5 N–H and O–H groups in total. The van der Waals surface area contributed by atoms with E-state index in [-0.39, 0.29) is 10.0 Å². The Bertz CT molecular complexity index is 837. The normalized spacial score (nSPS) is 12.2. The van der Waals surface area contributed by atoms with Crippen molar-refractivity contribution in [3.63, 3.8) is 0 Å². The third-order valence-electron chi connectivity index (χ3n) is 3.10. The number of anilines is 1. The molecule has 0 amide bonds. The molecule has 0 radical (unpaired) electrons. The van der Waals surface area contributed by atoms with Crippen LogP contribution in [0.5, 0.6) is 0 Å². The highest BCUT2D eigenvalue weighted by Gasteiger charge is 2.20. The molecule has 0 aromatic heterocycles. The van der Waals surface area contributed by atoms with E-state index >= 15 is 0 Å². The number of carbonyl (C=O) groups is 1. The lowest BCUT2D eigenvalue weighted by atomic mass is 10.1. The highest BCUT2D eigenvalue weighted by atomic mass is 32.2. The molecule has 7 nitrogen and oxygen atoms in total. The monoisotopic (exact) mass is 365 g/mol. The lowest BCUT2D eigenvalue weighted by Crippen LogP contribution is -2.36. The molecule has 0 aliphatic carbocycles. The van der Waals surface area contributed by atoms with Crippen LogP contribution in [0.25, 0.3) is 0 Å². The summed E-state index contributed by atoms with van der Waals surface area (Å²) in [7, 11) is -3.77. The Labute approximate surface area is 144 Å². The summed E-state index contributed by atoms with van der Waals surface area (Å²) in [6.07, 6.45) is 0. The van der Waals surface area contributed by atoms with Crippen LogP contribution in [0.2, 0.25) is 0 Å². The van der Waals surface area contributed by atoms with Crippen LogP contribution in [0.1, 0.15) is 11.6 Å². The molecule has 0 saturated heterocycles. The summed E-state index contributed by atoms with van der Waals surface area (Å²) >= 11 is 5.11. The molecule has 126 valence electrons. The van der Waals surface area contributed by atoms with Gasteiger partial charge in [-0.05, 0) is 42.0 Å². The van der Waals surface area contributed by atoms with Crippen LogP contribution in [0.3, 0.4) is 0 Å². The van der Waals surface area contributed by atoms with Crippen molar-refractivity contribution in [2.75, 3.05) is 5.32 Å². The van der Waals surface area contributed by atoms with Crippen molar-refractivity contribution in [3.05, 3.63) is 60.2 Å². The molecule has 0 heterocycles. The number of sulfonamides is 1. The highest BCUT2D eigenvalue weighted by Crippen LogP contribution is 2.15. The van der Waals surface area contributed by atoms with Gasteiger partial charge in [-0.15, -0.1) is 0 Å². The van der Waals surface area contributed by atoms with E-state index < -0.39 is 22.0 Å². The van der Waals surface area contributed by atoms with Crippen LogP contribution >= 0.6 is 12.2 Å². The molecular weight excluding hydrogens is 350 g/mol. The molecule has 2 aromatic carbocycles. The topological polar surface area (TPSA) is 122 Å². The van der Waals surface area contributed by atoms with E-state index in [9.17, 15) is 18.3 Å². The van der Waals surface area contributed by atoms with Crippen LogP contribution in [0.15, 0.2) is 59.5 Å². The Morgan fingerprint density at radius 1 is 1.08 bits per heavy atom. The number of hydrogen-bond donors (Lipinski definition) is 4. The number of rotatable bonds is 5. The molecule has 0 aliphatic heterocycles. The predicted molar refractivity (Wildman–Crippen MR) is 94.0 cm³/mol. The second kappa shape index (κ2) is 7.39. The summed E-state index contributed by atoms with van der Waals surface area (Å²) in [6, 6.07) is 13.2. The zero-order valence-electron chi connectivity index (χ0n) is 12.3. The van der Waals surface area contributed by atoms with Crippen molar-refractivity contribution in [3.8, 4) is 0 Å². The Hall–Kier alpha value is -2.49. The van der Waals surface area contributed by atoms with Crippen molar-refractivity contribution >= 4 is 39.0 Å². The second-order valence-electron chi connectivity index (χ2n) is 4.85. The summed E-state index contributed by atoms with van der Waals surface area (Å²) in [5, 5.41) is 20.0. The first kappa shape index (κ1) is 17.9. The number of carboxylic acid groups (broad SMARTS) is 1. The fourth-order valence-corrected chi connectivity index (χ4v) is 2.71. The Kier molecular flexibility index (Phi) is 5.50. The van der Waals surface area contributed by atoms with E-state index in [4.69, 9.17) is 17.4 Å². The van der Waals surface area contributed by atoms with E-state index in [0.29, 0.717) is 11.3 Å². The number of aliphatic carboxylic acids is 1. The van der Waals surface area contributed by atoms with Gasteiger partial charge in [0.1, 0.15) is 0 Å².